The number of hydrogen-bond donors (Lipinski definition) is 1. The maximum absolute atomic E-state index is 11.5. The van der Waals surface area contributed by atoms with Crippen molar-refractivity contribution in [2.75, 3.05) is 13.2 Å². The van der Waals surface area contributed by atoms with Crippen molar-refractivity contribution in [1.29, 1.82) is 0 Å². The zero-order valence-corrected chi connectivity index (χ0v) is 13.1. The Labute approximate surface area is 127 Å². The van der Waals surface area contributed by atoms with Gasteiger partial charge in [-0.15, -0.1) is 6.58 Å². The van der Waals surface area contributed by atoms with E-state index in [0.29, 0.717) is 0 Å². The summed E-state index contributed by atoms with van der Waals surface area (Å²) >= 11 is 0. The number of benzene rings is 1. The summed E-state index contributed by atoms with van der Waals surface area (Å²) in [7, 11) is 0. The quantitative estimate of drug-likeness (QED) is 0.748. The highest BCUT2D eigenvalue weighted by Crippen LogP contribution is 2.19. The molecule has 116 valence electrons. The summed E-state index contributed by atoms with van der Waals surface area (Å²) < 4.78 is 5.68. The molecule has 0 aliphatic rings. The molecular formula is C17H25NO3. The molecule has 0 aliphatic heterocycles. The fourth-order valence-electron chi connectivity index (χ4n) is 2.14. The highest BCUT2D eigenvalue weighted by molar-refractivity contribution is 5.73. The van der Waals surface area contributed by atoms with E-state index < -0.39 is 6.10 Å². The smallest absolute Gasteiger partial charge is 0.219 e. The molecular weight excluding hydrogens is 266 g/mol. The molecule has 0 bridgehead atoms. The molecule has 1 amide bonds. The predicted octanol–water partition coefficient (Wildman–Crippen LogP) is 2.41. The van der Waals surface area contributed by atoms with E-state index in [1.165, 1.54) is 6.92 Å². The number of allylic oxidation sites excluding steroid dienone is 1. The number of nitrogens with zero attached hydrogens (tertiary/aromatic N) is 1. The second-order valence-electron chi connectivity index (χ2n) is 5.33. The first kappa shape index (κ1) is 17.2. The van der Waals surface area contributed by atoms with Crippen molar-refractivity contribution >= 4 is 5.91 Å². The lowest BCUT2D eigenvalue weighted by Gasteiger charge is -2.27. The molecule has 1 aromatic carbocycles. The topological polar surface area (TPSA) is 49.8 Å². The Balaban J connectivity index is 2.58. The number of aliphatic hydroxyl groups is 1. The number of rotatable bonds is 8. The van der Waals surface area contributed by atoms with Crippen LogP contribution in [0.4, 0.5) is 0 Å². The Bertz CT molecular complexity index is 471. The largest absolute Gasteiger partial charge is 0.491 e. The van der Waals surface area contributed by atoms with Crippen LogP contribution in [0.5, 0.6) is 5.75 Å². The molecule has 4 heteroatoms. The van der Waals surface area contributed by atoms with Crippen LogP contribution in [0, 0.1) is 0 Å². The van der Waals surface area contributed by atoms with Crippen LogP contribution < -0.4 is 4.74 Å². The van der Waals surface area contributed by atoms with Crippen molar-refractivity contribution in [2.24, 2.45) is 0 Å². The minimum Gasteiger partial charge on any atom is -0.491 e. The number of hydrogen-bond acceptors (Lipinski definition) is 3. The SMILES string of the molecule is C=CCc1ccccc1OCC(O)CN(C(C)=O)C(C)C. The van der Waals surface area contributed by atoms with Crippen LogP contribution >= 0.6 is 0 Å². The maximum atomic E-state index is 11.5. The Kier molecular flexibility index (Phi) is 6.96. The van der Waals surface area contributed by atoms with Gasteiger partial charge in [0.1, 0.15) is 18.5 Å². The second-order valence-corrected chi connectivity index (χ2v) is 5.33. The van der Waals surface area contributed by atoms with Crippen LogP contribution in [0.3, 0.4) is 0 Å². The van der Waals surface area contributed by atoms with E-state index in [-0.39, 0.29) is 25.1 Å². The van der Waals surface area contributed by atoms with Crippen molar-refractivity contribution in [3.63, 3.8) is 0 Å². The van der Waals surface area contributed by atoms with Gasteiger partial charge in [0.25, 0.3) is 0 Å². The summed E-state index contributed by atoms with van der Waals surface area (Å²) in [6.07, 6.45) is 1.82. The fraction of sp³-hybridized carbons (Fsp3) is 0.471. The van der Waals surface area contributed by atoms with E-state index in [4.69, 9.17) is 4.74 Å². The Morgan fingerprint density at radius 2 is 2.10 bits per heavy atom. The zero-order chi connectivity index (χ0) is 15.8. The van der Waals surface area contributed by atoms with Crippen molar-refractivity contribution in [2.45, 2.75) is 39.3 Å². The normalized spacial score (nSPS) is 12.0. The van der Waals surface area contributed by atoms with Crippen LogP contribution in [0.2, 0.25) is 0 Å². The van der Waals surface area contributed by atoms with Crippen LogP contribution in [0.1, 0.15) is 26.3 Å². The number of carbonyl (C=O) groups is 1. The van der Waals surface area contributed by atoms with Gasteiger partial charge < -0.3 is 14.7 Å². The van der Waals surface area contributed by atoms with Gasteiger partial charge in [0.2, 0.25) is 5.91 Å². The van der Waals surface area contributed by atoms with Gasteiger partial charge in [0.15, 0.2) is 0 Å². The van der Waals surface area contributed by atoms with Gasteiger partial charge in [-0.3, -0.25) is 4.79 Å². The first-order chi connectivity index (χ1) is 9.95. The third-order valence-corrected chi connectivity index (χ3v) is 3.20. The van der Waals surface area contributed by atoms with Gasteiger partial charge >= 0.3 is 0 Å². The molecule has 0 fully saturated rings. The number of carbonyl (C=O) groups excluding carboxylic acids is 1. The third kappa shape index (κ3) is 5.60. The van der Waals surface area contributed by atoms with E-state index in [9.17, 15) is 9.90 Å². The first-order valence-corrected chi connectivity index (χ1v) is 7.22. The number of para-hydroxylation sites is 1. The Morgan fingerprint density at radius 3 is 2.67 bits per heavy atom. The molecule has 0 spiro atoms. The summed E-state index contributed by atoms with van der Waals surface area (Å²) in [5.41, 5.74) is 1.03. The van der Waals surface area contributed by atoms with Crippen LogP contribution in [-0.4, -0.2) is 41.2 Å². The average molecular weight is 291 g/mol. The van der Waals surface area contributed by atoms with Gasteiger partial charge in [-0.25, -0.2) is 0 Å². The fourth-order valence-corrected chi connectivity index (χ4v) is 2.14. The molecule has 1 unspecified atom stereocenters. The van der Waals surface area contributed by atoms with Crippen molar-refractivity contribution < 1.29 is 14.6 Å². The highest BCUT2D eigenvalue weighted by Gasteiger charge is 2.17. The molecule has 0 heterocycles. The summed E-state index contributed by atoms with van der Waals surface area (Å²) in [6.45, 7) is 9.51. The zero-order valence-electron chi connectivity index (χ0n) is 13.1. The number of ether oxygens (including phenoxy) is 1. The minimum atomic E-state index is -0.715. The van der Waals surface area contributed by atoms with Crippen molar-refractivity contribution in [1.82, 2.24) is 4.90 Å². The van der Waals surface area contributed by atoms with Crippen LogP contribution in [0.25, 0.3) is 0 Å². The van der Waals surface area contributed by atoms with E-state index in [0.717, 1.165) is 17.7 Å². The molecule has 21 heavy (non-hydrogen) atoms. The average Bonchev–Trinajstić information content (AvgIpc) is 2.43. The van der Waals surface area contributed by atoms with Gasteiger partial charge in [-0.2, -0.15) is 0 Å². The molecule has 1 aromatic rings. The van der Waals surface area contributed by atoms with Crippen LogP contribution in [0.15, 0.2) is 36.9 Å². The molecule has 0 radical (unpaired) electrons. The summed E-state index contributed by atoms with van der Waals surface area (Å²) in [6, 6.07) is 7.74. The van der Waals surface area contributed by atoms with E-state index >= 15 is 0 Å². The second kappa shape index (κ2) is 8.47. The van der Waals surface area contributed by atoms with E-state index in [1.807, 2.05) is 44.2 Å². The molecule has 0 saturated carbocycles. The molecule has 4 nitrogen and oxygen atoms in total. The first-order valence-electron chi connectivity index (χ1n) is 7.22. The summed E-state index contributed by atoms with van der Waals surface area (Å²) in [5, 5.41) is 10.1. The van der Waals surface area contributed by atoms with E-state index in [2.05, 4.69) is 6.58 Å². The molecule has 1 N–H and O–H groups in total. The molecule has 1 rings (SSSR count). The number of aliphatic hydroxyl groups excluding tert-OH is 1. The predicted molar refractivity (Wildman–Crippen MR) is 84.4 cm³/mol. The third-order valence-electron chi connectivity index (χ3n) is 3.20. The van der Waals surface area contributed by atoms with Crippen LogP contribution in [-0.2, 0) is 11.2 Å². The monoisotopic (exact) mass is 291 g/mol. The summed E-state index contributed by atoms with van der Waals surface area (Å²) in [4.78, 5) is 13.1. The molecule has 0 aliphatic carbocycles. The van der Waals surface area contributed by atoms with Gasteiger partial charge in [-0.05, 0) is 31.9 Å². The van der Waals surface area contributed by atoms with Gasteiger partial charge in [0, 0.05) is 13.0 Å². The van der Waals surface area contributed by atoms with Gasteiger partial charge in [-0.1, -0.05) is 24.3 Å². The standard InChI is InChI=1S/C17H25NO3/c1-5-8-15-9-6-7-10-17(15)21-12-16(20)11-18(13(2)3)14(4)19/h5-7,9-10,13,16,20H,1,8,11-12H2,2-4H3. The molecule has 1 atom stereocenters. The summed E-state index contributed by atoms with van der Waals surface area (Å²) in [5.74, 6) is 0.700. The van der Waals surface area contributed by atoms with E-state index in [1.54, 1.807) is 4.90 Å². The molecule has 0 aromatic heterocycles. The lowest BCUT2D eigenvalue weighted by atomic mass is 10.1. The van der Waals surface area contributed by atoms with Crippen molar-refractivity contribution in [3.8, 4) is 5.75 Å². The van der Waals surface area contributed by atoms with Gasteiger partial charge in [0.05, 0.1) is 6.54 Å². The maximum Gasteiger partial charge on any atom is 0.219 e. The lowest BCUT2D eigenvalue weighted by molar-refractivity contribution is -0.132. The highest BCUT2D eigenvalue weighted by atomic mass is 16.5. The number of amides is 1. The Hall–Kier alpha value is -1.81. The Morgan fingerprint density at radius 1 is 1.43 bits per heavy atom. The molecule has 0 saturated heterocycles. The minimum absolute atomic E-state index is 0.0453. The van der Waals surface area contributed by atoms with Crippen molar-refractivity contribution in [3.05, 3.63) is 42.5 Å². The lowest BCUT2D eigenvalue weighted by Crippen LogP contribution is -2.42.